The van der Waals surface area contributed by atoms with Crippen molar-refractivity contribution in [1.82, 2.24) is 4.72 Å². The van der Waals surface area contributed by atoms with Crippen molar-refractivity contribution in [3.05, 3.63) is 23.8 Å². The monoisotopic (exact) mass is 314 g/mol. The number of sulfonamides is 1. The van der Waals surface area contributed by atoms with Gasteiger partial charge in [0.1, 0.15) is 0 Å². The Bertz CT molecular complexity index is 644. The maximum Gasteiger partial charge on any atom is 0.337 e. The van der Waals surface area contributed by atoms with E-state index < -0.39 is 16.0 Å². The molecule has 2 atom stereocenters. The van der Waals surface area contributed by atoms with Crippen molar-refractivity contribution in [2.75, 3.05) is 18.9 Å². The maximum atomic E-state index is 12.3. The summed E-state index contributed by atoms with van der Waals surface area (Å²) >= 11 is 0. The molecule has 4 N–H and O–H groups in total. The van der Waals surface area contributed by atoms with Crippen LogP contribution >= 0.6 is 0 Å². The third kappa shape index (κ3) is 3.52. The van der Waals surface area contributed by atoms with E-state index in [-0.39, 0.29) is 34.7 Å². The van der Waals surface area contributed by atoms with Gasteiger partial charge in [-0.2, -0.15) is 0 Å². The predicted molar refractivity (Wildman–Crippen MR) is 76.5 cm³/mol. The minimum absolute atomic E-state index is 0.0157. The van der Waals surface area contributed by atoms with Crippen molar-refractivity contribution in [1.29, 1.82) is 0 Å². The van der Waals surface area contributed by atoms with E-state index in [4.69, 9.17) is 15.6 Å². The highest BCUT2D eigenvalue weighted by molar-refractivity contribution is 7.89. The molecule has 1 saturated heterocycles. The van der Waals surface area contributed by atoms with Gasteiger partial charge in [0.15, 0.2) is 0 Å². The van der Waals surface area contributed by atoms with Crippen molar-refractivity contribution in [3.8, 4) is 0 Å². The second-order valence-electron chi connectivity index (χ2n) is 5.04. The first-order chi connectivity index (χ1) is 9.81. The molecule has 0 saturated carbocycles. The Balaban J connectivity index is 2.21. The molecule has 116 valence electrons. The van der Waals surface area contributed by atoms with Gasteiger partial charge in [-0.05, 0) is 31.5 Å². The molecule has 0 aliphatic carbocycles. The highest BCUT2D eigenvalue weighted by Crippen LogP contribution is 2.22. The Morgan fingerprint density at radius 3 is 2.81 bits per heavy atom. The molecule has 0 spiro atoms. The van der Waals surface area contributed by atoms with Crippen LogP contribution in [0.2, 0.25) is 0 Å². The first kappa shape index (κ1) is 15.7. The lowest BCUT2D eigenvalue weighted by atomic mass is 10.0. The van der Waals surface area contributed by atoms with E-state index in [1.54, 1.807) is 0 Å². The molecule has 2 rings (SSSR count). The molecule has 1 fully saturated rings. The SMILES string of the molecule is CC1OCCC1CNS(=O)(=O)c1ccc(N)cc1C(=O)O. The lowest BCUT2D eigenvalue weighted by Crippen LogP contribution is -2.32. The molecular weight excluding hydrogens is 296 g/mol. The summed E-state index contributed by atoms with van der Waals surface area (Å²) in [4.78, 5) is 10.9. The second-order valence-corrected chi connectivity index (χ2v) is 6.77. The summed E-state index contributed by atoms with van der Waals surface area (Å²) in [5, 5.41) is 9.11. The number of hydrogen-bond acceptors (Lipinski definition) is 5. The number of carboxylic acid groups (broad SMARTS) is 1. The van der Waals surface area contributed by atoms with Gasteiger partial charge >= 0.3 is 5.97 Å². The fourth-order valence-electron chi connectivity index (χ4n) is 2.29. The average Bonchev–Trinajstić information content (AvgIpc) is 2.81. The number of ether oxygens (including phenoxy) is 1. The van der Waals surface area contributed by atoms with Gasteiger partial charge < -0.3 is 15.6 Å². The number of carbonyl (C=O) groups is 1. The van der Waals surface area contributed by atoms with Crippen LogP contribution in [-0.4, -0.2) is 38.7 Å². The number of anilines is 1. The minimum atomic E-state index is -3.91. The van der Waals surface area contributed by atoms with Crippen LogP contribution in [0.3, 0.4) is 0 Å². The Morgan fingerprint density at radius 2 is 2.24 bits per heavy atom. The smallest absolute Gasteiger partial charge is 0.337 e. The van der Waals surface area contributed by atoms with Gasteiger partial charge in [-0.25, -0.2) is 17.9 Å². The van der Waals surface area contributed by atoms with Crippen LogP contribution in [0.1, 0.15) is 23.7 Å². The molecule has 1 aromatic rings. The summed E-state index contributed by atoms with van der Waals surface area (Å²) in [6, 6.07) is 3.70. The fourth-order valence-corrected chi connectivity index (χ4v) is 3.56. The van der Waals surface area contributed by atoms with Crippen molar-refractivity contribution in [2.24, 2.45) is 5.92 Å². The molecule has 8 heteroatoms. The van der Waals surface area contributed by atoms with E-state index in [1.807, 2.05) is 6.92 Å². The van der Waals surface area contributed by atoms with Gasteiger partial charge in [0.25, 0.3) is 0 Å². The standard InChI is InChI=1S/C13H18N2O5S/c1-8-9(4-5-20-8)7-15-21(18,19)12-3-2-10(14)6-11(12)13(16)17/h2-3,6,8-9,15H,4-5,7,14H2,1H3,(H,16,17). The maximum absolute atomic E-state index is 12.3. The number of benzene rings is 1. The fraction of sp³-hybridized carbons (Fsp3) is 0.462. The zero-order valence-corrected chi connectivity index (χ0v) is 12.4. The van der Waals surface area contributed by atoms with Crippen molar-refractivity contribution < 1.29 is 23.1 Å². The Hall–Kier alpha value is -1.64. The third-order valence-corrected chi connectivity index (χ3v) is 5.07. The zero-order valence-electron chi connectivity index (χ0n) is 11.6. The Kier molecular flexibility index (Phi) is 4.50. The van der Waals surface area contributed by atoms with Crippen LogP contribution in [0.4, 0.5) is 5.69 Å². The average molecular weight is 314 g/mol. The molecule has 0 amide bonds. The molecule has 2 unspecified atom stereocenters. The number of hydrogen-bond donors (Lipinski definition) is 3. The first-order valence-corrected chi connectivity index (χ1v) is 8.03. The number of nitrogens with one attached hydrogen (secondary N) is 1. The Morgan fingerprint density at radius 1 is 1.52 bits per heavy atom. The summed E-state index contributed by atoms with van der Waals surface area (Å²) in [6.45, 7) is 2.71. The van der Waals surface area contributed by atoms with E-state index in [2.05, 4.69) is 4.72 Å². The van der Waals surface area contributed by atoms with Crippen LogP contribution in [0, 0.1) is 5.92 Å². The van der Waals surface area contributed by atoms with Gasteiger partial charge in [-0.15, -0.1) is 0 Å². The molecule has 21 heavy (non-hydrogen) atoms. The normalized spacial score (nSPS) is 22.3. The molecule has 7 nitrogen and oxygen atoms in total. The zero-order chi connectivity index (χ0) is 15.6. The van der Waals surface area contributed by atoms with Gasteiger partial charge in [0, 0.05) is 24.8 Å². The van der Waals surface area contributed by atoms with Crippen molar-refractivity contribution in [3.63, 3.8) is 0 Å². The summed E-state index contributed by atoms with van der Waals surface area (Å²) in [5.41, 5.74) is 5.37. The number of nitrogen functional groups attached to an aromatic ring is 1. The van der Waals surface area contributed by atoms with E-state index in [0.29, 0.717) is 6.61 Å². The molecule has 1 aromatic carbocycles. The topological polar surface area (TPSA) is 119 Å². The first-order valence-electron chi connectivity index (χ1n) is 6.55. The lowest BCUT2D eigenvalue weighted by Gasteiger charge is -2.15. The van der Waals surface area contributed by atoms with Gasteiger partial charge in [0.05, 0.1) is 16.6 Å². The summed E-state index contributed by atoms with van der Waals surface area (Å²) < 4.78 is 32.4. The highest BCUT2D eigenvalue weighted by Gasteiger charge is 2.28. The Labute approximate surface area is 123 Å². The second kappa shape index (κ2) is 6.00. The molecule has 1 aliphatic rings. The molecular formula is C13H18N2O5S. The van der Waals surface area contributed by atoms with Crippen molar-refractivity contribution in [2.45, 2.75) is 24.3 Å². The van der Waals surface area contributed by atoms with E-state index in [1.165, 1.54) is 12.1 Å². The van der Waals surface area contributed by atoms with Crippen LogP contribution in [0.5, 0.6) is 0 Å². The number of nitrogens with two attached hydrogens (primary N) is 1. The summed E-state index contributed by atoms with van der Waals surface area (Å²) in [7, 11) is -3.91. The summed E-state index contributed by atoms with van der Waals surface area (Å²) in [5.74, 6) is -1.25. The quantitative estimate of drug-likeness (QED) is 0.687. The summed E-state index contributed by atoms with van der Waals surface area (Å²) in [6.07, 6.45) is 0.759. The lowest BCUT2D eigenvalue weighted by molar-refractivity contribution is 0.0692. The van der Waals surface area contributed by atoms with E-state index in [0.717, 1.165) is 12.5 Å². The van der Waals surface area contributed by atoms with E-state index >= 15 is 0 Å². The number of carboxylic acids is 1. The largest absolute Gasteiger partial charge is 0.478 e. The van der Waals surface area contributed by atoms with Crippen molar-refractivity contribution >= 4 is 21.7 Å². The third-order valence-electron chi connectivity index (χ3n) is 3.59. The molecule has 0 aromatic heterocycles. The van der Waals surface area contributed by atoms with Gasteiger partial charge in [-0.3, -0.25) is 0 Å². The minimum Gasteiger partial charge on any atom is -0.478 e. The highest BCUT2D eigenvalue weighted by atomic mass is 32.2. The number of aromatic carboxylic acids is 1. The molecule has 1 heterocycles. The van der Waals surface area contributed by atoms with Gasteiger partial charge in [-0.1, -0.05) is 0 Å². The van der Waals surface area contributed by atoms with Crippen LogP contribution in [-0.2, 0) is 14.8 Å². The van der Waals surface area contributed by atoms with Gasteiger partial charge in [0.2, 0.25) is 10.0 Å². The van der Waals surface area contributed by atoms with Crippen LogP contribution in [0.25, 0.3) is 0 Å². The molecule has 0 bridgehead atoms. The van der Waals surface area contributed by atoms with E-state index in [9.17, 15) is 13.2 Å². The predicted octanol–water partition coefficient (Wildman–Crippen LogP) is 0.670. The number of rotatable bonds is 5. The van der Waals surface area contributed by atoms with Crippen LogP contribution in [0.15, 0.2) is 23.1 Å². The molecule has 0 radical (unpaired) electrons. The molecule has 1 aliphatic heterocycles. The van der Waals surface area contributed by atoms with Crippen LogP contribution < -0.4 is 10.5 Å².